The normalized spacial score (nSPS) is 11.3. The number of imidazole rings is 1. The van der Waals surface area contributed by atoms with Crippen LogP contribution >= 0.6 is 11.6 Å². The van der Waals surface area contributed by atoms with Crippen LogP contribution in [0, 0.1) is 11.3 Å². The number of nitriles is 1. The third kappa shape index (κ3) is 3.12. The maximum Gasteiger partial charge on any atom is 0.150 e. The first-order chi connectivity index (χ1) is 11.2. The molecule has 0 amide bonds. The summed E-state index contributed by atoms with van der Waals surface area (Å²) in [6, 6.07) is 15.0. The minimum Gasteiger partial charge on any atom is -0.495 e. The monoisotopic (exact) mass is 324 g/mol. The van der Waals surface area contributed by atoms with Crippen LogP contribution in [-0.2, 0) is 0 Å². The summed E-state index contributed by atoms with van der Waals surface area (Å²) in [5, 5.41) is 13.0. The van der Waals surface area contributed by atoms with Crippen LogP contribution in [0.3, 0.4) is 0 Å². The van der Waals surface area contributed by atoms with E-state index in [0.29, 0.717) is 27.9 Å². The summed E-state index contributed by atoms with van der Waals surface area (Å²) in [6.07, 6.45) is 1.58. The van der Waals surface area contributed by atoms with Crippen LogP contribution in [0.15, 0.2) is 48.7 Å². The maximum atomic E-state index is 9.39. The highest BCUT2D eigenvalue weighted by Gasteiger charge is 2.08. The Morgan fingerprint density at radius 3 is 2.91 bits per heavy atom. The van der Waals surface area contributed by atoms with E-state index in [1.807, 2.05) is 24.3 Å². The van der Waals surface area contributed by atoms with E-state index in [1.54, 1.807) is 31.5 Å². The Hall–Kier alpha value is -2.97. The molecule has 2 aromatic carbocycles. The quantitative estimate of drug-likeness (QED) is 0.705. The molecule has 0 aliphatic rings. The van der Waals surface area contributed by atoms with E-state index in [0.717, 1.165) is 11.0 Å². The number of allylic oxidation sites excluding steroid dienone is 1. The van der Waals surface area contributed by atoms with Crippen LogP contribution in [0.1, 0.15) is 5.82 Å². The summed E-state index contributed by atoms with van der Waals surface area (Å²) < 4.78 is 5.26. The van der Waals surface area contributed by atoms with E-state index in [4.69, 9.17) is 16.3 Å². The number of methoxy groups -OCH3 is 1. The van der Waals surface area contributed by atoms with Crippen LogP contribution in [-0.4, -0.2) is 17.1 Å². The summed E-state index contributed by atoms with van der Waals surface area (Å²) in [5.74, 6) is 1.13. The second-order valence-corrected chi connectivity index (χ2v) is 5.20. The molecule has 0 saturated heterocycles. The topological polar surface area (TPSA) is 73.7 Å². The van der Waals surface area contributed by atoms with Gasteiger partial charge in [-0.2, -0.15) is 5.26 Å². The molecule has 0 fully saturated rings. The Balaban J connectivity index is 1.93. The SMILES string of the molecule is COc1ccc(Cl)cc1N/C=C(/C#N)c1nc2ccccc2[nH]1. The minimum absolute atomic E-state index is 0.378. The first kappa shape index (κ1) is 14.9. The standard InChI is InChI=1S/C17H13ClN4O/c1-23-16-7-6-12(18)8-15(16)20-10-11(9-19)17-21-13-4-2-3-5-14(13)22-17/h2-8,10,20H,1H3,(H,21,22)/b11-10-. The van der Waals surface area contributed by atoms with Crippen LogP contribution in [0.5, 0.6) is 5.75 Å². The summed E-state index contributed by atoms with van der Waals surface area (Å²) >= 11 is 5.99. The van der Waals surface area contributed by atoms with Gasteiger partial charge < -0.3 is 15.0 Å². The van der Waals surface area contributed by atoms with Crippen molar-refractivity contribution in [3.8, 4) is 11.8 Å². The molecule has 3 rings (SSSR count). The van der Waals surface area contributed by atoms with Crippen molar-refractivity contribution in [2.75, 3.05) is 12.4 Å². The molecule has 0 aliphatic heterocycles. The number of benzene rings is 2. The van der Waals surface area contributed by atoms with Gasteiger partial charge in [0.25, 0.3) is 0 Å². The molecule has 0 unspecified atom stereocenters. The predicted octanol–water partition coefficient (Wildman–Crippen LogP) is 4.20. The molecule has 1 heterocycles. The fourth-order valence-electron chi connectivity index (χ4n) is 2.18. The lowest BCUT2D eigenvalue weighted by atomic mass is 10.2. The van der Waals surface area contributed by atoms with Gasteiger partial charge in [-0.3, -0.25) is 0 Å². The van der Waals surface area contributed by atoms with Gasteiger partial charge in [0, 0.05) is 11.2 Å². The number of anilines is 1. The molecule has 114 valence electrons. The van der Waals surface area contributed by atoms with E-state index in [2.05, 4.69) is 21.4 Å². The number of H-pyrrole nitrogens is 1. The van der Waals surface area contributed by atoms with Gasteiger partial charge in [-0.1, -0.05) is 23.7 Å². The number of rotatable bonds is 4. The van der Waals surface area contributed by atoms with Crippen molar-refractivity contribution >= 4 is 33.9 Å². The third-order valence-corrected chi connectivity index (χ3v) is 3.53. The van der Waals surface area contributed by atoms with E-state index < -0.39 is 0 Å². The van der Waals surface area contributed by atoms with Crippen molar-refractivity contribution in [1.29, 1.82) is 5.26 Å². The Bertz CT molecular complexity index is 891. The van der Waals surface area contributed by atoms with Gasteiger partial charge in [-0.15, -0.1) is 0 Å². The van der Waals surface area contributed by atoms with E-state index in [1.165, 1.54) is 0 Å². The van der Waals surface area contributed by atoms with Crippen LogP contribution in [0.2, 0.25) is 5.02 Å². The molecule has 0 radical (unpaired) electrons. The van der Waals surface area contributed by atoms with Crippen LogP contribution < -0.4 is 10.1 Å². The maximum absolute atomic E-state index is 9.39. The summed E-state index contributed by atoms with van der Waals surface area (Å²) in [7, 11) is 1.57. The fourth-order valence-corrected chi connectivity index (χ4v) is 2.35. The molecule has 0 bridgehead atoms. The van der Waals surface area contributed by atoms with Crippen molar-refractivity contribution in [3.05, 3.63) is 59.5 Å². The highest BCUT2D eigenvalue weighted by atomic mass is 35.5. The summed E-state index contributed by atoms with van der Waals surface area (Å²) in [5.41, 5.74) is 2.74. The van der Waals surface area contributed by atoms with Crippen LogP contribution in [0.4, 0.5) is 5.69 Å². The number of fused-ring (bicyclic) bond motifs is 1. The summed E-state index contributed by atoms with van der Waals surface area (Å²) in [6.45, 7) is 0. The van der Waals surface area contributed by atoms with Crippen LogP contribution in [0.25, 0.3) is 16.6 Å². The van der Waals surface area contributed by atoms with Gasteiger partial charge in [0.1, 0.15) is 17.4 Å². The number of nitrogens with zero attached hydrogens (tertiary/aromatic N) is 2. The third-order valence-electron chi connectivity index (χ3n) is 3.30. The predicted molar refractivity (Wildman–Crippen MR) is 91.3 cm³/mol. The van der Waals surface area contributed by atoms with Crippen molar-refractivity contribution in [2.24, 2.45) is 0 Å². The second kappa shape index (κ2) is 6.42. The number of aromatic nitrogens is 2. The second-order valence-electron chi connectivity index (χ2n) is 4.76. The average Bonchev–Trinajstić information content (AvgIpc) is 2.99. The molecular formula is C17H13ClN4O. The molecule has 0 atom stereocenters. The van der Waals surface area contributed by atoms with E-state index >= 15 is 0 Å². The Morgan fingerprint density at radius 2 is 2.17 bits per heavy atom. The lowest BCUT2D eigenvalue weighted by Crippen LogP contribution is -1.95. The number of aromatic amines is 1. The number of halogens is 1. The highest BCUT2D eigenvalue weighted by molar-refractivity contribution is 6.30. The van der Waals surface area contributed by atoms with Gasteiger partial charge >= 0.3 is 0 Å². The van der Waals surface area contributed by atoms with Crippen molar-refractivity contribution < 1.29 is 4.74 Å². The zero-order valence-electron chi connectivity index (χ0n) is 12.3. The number of ether oxygens (including phenoxy) is 1. The smallest absolute Gasteiger partial charge is 0.150 e. The number of hydrogen-bond donors (Lipinski definition) is 2. The molecule has 0 saturated carbocycles. The minimum atomic E-state index is 0.378. The fraction of sp³-hybridized carbons (Fsp3) is 0.0588. The number of para-hydroxylation sites is 2. The first-order valence-corrected chi connectivity index (χ1v) is 7.24. The lowest BCUT2D eigenvalue weighted by molar-refractivity contribution is 0.417. The molecule has 6 heteroatoms. The van der Waals surface area contributed by atoms with Gasteiger partial charge in [0.2, 0.25) is 0 Å². The number of nitrogens with one attached hydrogen (secondary N) is 2. The molecule has 1 aromatic heterocycles. The van der Waals surface area contributed by atoms with Gasteiger partial charge in [0.15, 0.2) is 5.82 Å². The lowest BCUT2D eigenvalue weighted by Gasteiger charge is -2.08. The van der Waals surface area contributed by atoms with Crippen molar-refractivity contribution in [2.45, 2.75) is 0 Å². The molecule has 23 heavy (non-hydrogen) atoms. The van der Waals surface area contributed by atoms with Crippen molar-refractivity contribution in [1.82, 2.24) is 9.97 Å². The molecule has 0 aliphatic carbocycles. The first-order valence-electron chi connectivity index (χ1n) is 6.86. The van der Waals surface area contributed by atoms with Gasteiger partial charge in [-0.05, 0) is 30.3 Å². The highest BCUT2D eigenvalue weighted by Crippen LogP contribution is 2.28. The number of hydrogen-bond acceptors (Lipinski definition) is 4. The zero-order chi connectivity index (χ0) is 16.2. The van der Waals surface area contributed by atoms with E-state index in [-0.39, 0.29) is 0 Å². The average molecular weight is 325 g/mol. The Morgan fingerprint density at radius 1 is 1.35 bits per heavy atom. The molecule has 3 aromatic rings. The largest absolute Gasteiger partial charge is 0.495 e. The summed E-state index contributed by atoms with van der Waals surface area (Å²) in [4.78, 5) is 7.54. The molecule has 5 nitrogen and oxygen atoms in total. The Kier molecular flexibility index (Phi) is 4.18. The van der Waals surface area contributed by atoms with E-state index in [9.17, 15) is 5.26 Å². The Labute approximate surface area is 138 Å². The molecule has 2 N–H and O–H groups in total. The van der Waals surface area contributed by atoms with Gasteiger partial charge in [-0.25, -0.2) is 4.98 Å². The van der Waals surface area contributed by atoms with Gasteiger partial charge in [0.05, 0.1) is 23.8 Å². The zero-order valence-corrected chi connectivity index (χ0v) is 13.1. The molecular weight excluding hydrogens is 312 g/mol. The van der Waals surface area contributed by atoms with Crippen molar-refractivity contribution in [3.63, 3.8) is 0 Å². The molecule has 0 spiro atoms.